The van der Waals surface area contributed by atoms with Gasteiger partial charge in [-0.2, -0.15) is 5.10 Å². The quantitative estimate of drug-likeness (QED) is 0.770. The molecule has 96 valence electrons. The van der Waals surface area contributed by atoms with Crippen molar-refractivity contribution in [3.8, 4) is 12.3 Å². The summed E-state index contributed by atoms with van der Waals surface area (Å²) in [7, 11) is 0. The number of hydrogen-bond acceptors (Lipinski definition) is 3. The molecule has 1 fully saturated rings. The number of carbonyl (C=O) groups excluding carboxylic acids is 1. The van der Waals surface area contributed by atoms with Crippen LogP contribution in [0.2, 0.25) is 0 Å². The Morgan fingerprint density at radius 2 is 2.39 bits per heavy atom. The smallest absolute Gasteiger partial charge is 0.277 e. The summed E-state index contributed by atoms with van der Waals surface area (Å²) in [6.07, 6.45) is 8.36. The van der Waals surface area contributed by atoms with E-state index >= 15 is 0 Å². The van der Waals surface area contributed by atoms with Crippen molar-refractivity contribution >= 4 is 11.6 Å². The molecule has 3 N–H and O–H groups in total. The lowest BCUT2D eigenvalue weighted by Crippen LogP contribution is -2.32. The van der Waals surface area contributed by atoms with Crippen LogP contribution in [-0.4, -0.2) is 34.1 Å². The summed E-state index contributed by atoms with van der Waals surface area (Å²) >= 11 is 0. The van der Waals surface area contributed by atoms with Gasteiger partial charge in [0.05, 0.1) is 17.9 Å². The maximum absolute atomic E-state index is 12.3. The number of anilines is 1. The van der Waals surface area contributed by atoms with E-state index in [0.29, 0.717) is 23.8 Å². The van der Waals surface area contributed by atoms with Crippen molar-refractivity contribution < 1.29 is 4.79 Å². The molecule has 0 unspecified atom stereocenters. The number of nitrogens with one attached hydrogen (secondary N) is 1. The van der Waals surface area contributed by atoms with Crippen LogP contribution in [0.1, 0.15) is 48.3 Å². The van der Waals surface area contributed by atoms with Crippen LogP contribution in [0.5, 0.6) is 0 Å². The van der Waals surface area contributed by atoms with Crippen LogP contribution < -0.4 is 5.73 Å². The van der Waals surface area contributed by atoms with Gasteiger partial charge in [0.2, 0.25) is 0 Å². The topological polar surface area (TPSA) is 75.0 Å². The molecule has 1 aromatic rings. The van der Waals surface area contributed by atoms with Crippen LogP contribution in [0.15, 0.2) is 0 Å². The predicted octanol–water partition coefficient (Wildman–Crippen LogP) is 1.35. The van der Waals surface area contributed by atoms with E-state index in [1.54, 1.807) is 4.90 Å². The first-order valence-corrected chi connectivity index (χ1v) is 6.25. The number of nitrogens with two attached hydrogens (primary N) is 1. The van der Waals surface area contributed by atoms with Crippen molar-refractivity contribution in [1.29, 1.82) is 0 Å². The van der Waals surface area contributed by atoms with E-state index in [1.165, 1.54) is 0 Å². The molecule has 0 radical (unpaired) electrons. The number of terminal acetylenes is 1. The summed E-state index contributed by atoms with van der Waals surface area (Å²) in [5, 5.41) is 6.93. The molecule has 1 amide bonds. The summed E-state index contributed by atoms with van der Waals surface area (Å²) in [4.78, 5) is 13.9. The van der Waals surface area contributed by atoms with Crippen molar-refractivity contribution in [2.75, 3.05) is 18.8 Å². The standard InChI is InChI=1S/C13H18N4O/c1-3-7-17(8-4-2)13(18)12-10(14)11(15-16-12)9-5-6-9/h1,9H,4-8,14H2,2H3,(H,15,16). The first-order chi connectivity index (χ1) is 8.69. The Balaban J connectivity index is 2.18. The van der Waals surface area contributed by atoms with Gasteiger partial charge in [-0.05, 0) is 19.3 Å². The summed E-state index contributed by atoms with van der Waals surface area (Å²) in [5.74, 6) is 2.76. The highest BCUT2D eigenvalue weighted by Crippen LogP contribution is 2.42. The molecule has 0 atom stereocenters. The molecule has 1 aliphatic rings. The molecular weight excluding hydrogens is 228 g/mol. The number of hydrogen-bond donors (Lipinski definition) is 2. The van der Waals surface area contributed by atoms with Gasteiger partial charge >= 0.3 is 0 Å². The highest BCUT2D eigenvalue weighted by Gasteiger charge is 2.31. The zero-order chi connectivity index (χ0) is 13.1. The number of aromatic amines is 1. The minimum absolute atomic E-state index is 0.185. The Labute approximate surface area is 107 Å². The van der Waals surface area contributed by atoms with E-state index in [9.17, 15) is 4.79 Å². The molecule has 0 spiro atoms. The molecule has 2 rings (SSSR count). The number of H-pyrrole nitrogens is 1. The number of nitrogen functional groups attached to an aromatic ring is 1. The Kier molecular flexibility index (Phi) is 3.56. The normalized spacial score (nSPS) is 14.2. The molecule has 18 heavy (non-hydrogen) atoms. The molecule has 0 saturated heterocycles. The van der Waals surface area contributed by atoms with Gasteiger partial charge in [-0.1, -0.05) is 12.8 Å². The Morgan fingerprint density at radius 1 is 1.67 bits per heavy atom. The molecule has 1 heterocycles. The molecule has 5 heteroatoms. The van der Waals surface area contributed by atoms with E-state index in [1.807, 2.05) is 6.92 Å². The van der Waals surface area contributed by atoms with Gasteiger partial charge in [0.1, 0.15) is 0 Å². The Hall–Kier alpha value is -1.96. The van der Waals surface area contributed by atoms with Gasteiger partial charge in [0.15, 0.2) is 5.69 Å². The highest BCUT2D eigenvalue weighted by molar-refractivity contribution is 5.97. The molecule has 5 nitrogen and oxygen atoms in total. The first-order valence-electron chi connectivity index (χ1n) is 6.25. The average molecular weight is 246 g/mol. The van der Waals surface area contributed by atoms with Gasteiger partial charge in [0.25, 0.3) is 5.91 Å². The largest absolute Gasteiger partial charge is 0.395 e. The lowest BCUT2D eigenvalue weighted by atomic mass is 10.2. The number of rotatable bonds is 5. The van der Waals surface area contributed by atoms with Crippen molar-refractivity contribution in [3.63, 3.8) is 0 Å². The number of amides is 1. The second-order valence-electron chi connectivity index (χ2n) is 4.60. The van der Waals surface area contributed by atoms with Crippen LogP contribution in [0.25, 0.3) is 0 Å². The van der Waals surface area contributed by atoms with Gasteiger partial charge in [-0.25, -0.2) is 0 Å². The average Bonchev–Trinajstić information content (AvgIpc) is 3.12. The third kappa shape index (κ3) is 2.33. The predicted molar refractivity (Wildman–Crippen MR) is 70.0 cm³/mol. The van der Waals surface area contributed by atoms with E-state index in [2.05, 4.69) is 16.1 Å². The fourth-order valence-corrected chi connectivity index (χ4v) is 1.99. The zero-order valence-electron chi connectivity index (χ0n) is 10.6. The van der Waals surface area contributed by atoms with Crippen LogP contribution in [0.4, 0.5) is 5.69 Å². The van der Waals surface area contributed by atoms with Gasteiger partial charge < -0.3 is 10.6 Å². The molecule has 1 aromatic heterocycles. The lowest BCUT2D eigenvalue weighted by molar-refractivity contribution is 0.0772. The number of aromatic nitrogens is 2. The molecule has 1 saturated carbocycles. The zero-order valence-corrected chi connectivity index (χ0v) is 10.6. The number of carbonyl (C=O) groups is 1. The van der Waals surface area contributed by atoms with E-state index in [0.717, 1.165) is 25.0 Å². The van der Waals surface area contributed by atoms with E-state index in [4.69, 9.17) is 12.2 Å². The first kappa shape index (κ1) is 12.5. The monoisotopic (exact) mass is 246 g/mol. The maximum atomic E-state index is 12.3. The second kappa shape index (κ2) is 5.13. The maximum Gasteiger partial charge on any atom is 0.277 e. The number of nitrogens with zero attached hydrogens (tertiary/aromatic N) is 2. The van der Waals surface area contributed by atoms with Crippen molar-refractivity contribution in [2.24, 2.45) is 0 Å². The summed E-state index contributed by atoms with van der Waals surface area (Å²) < 4.78 is 0. The van der Waals surface area contributed by atoms with Gasteiger partial charge in [0, 0.05) is 12.5 Å². The van der Waals surface area contributed by atoms with Gasteiger partial charge in [-0.3, -0.25) is 9.89 Å². The fraction of sp³-hybridized carbons (Fsp3) is 0.538. The van der Waals surface area contributed by atoms with Crippen LogP contribution in [0.3, 0.4) is 0 Å². The third-order valence-corrected chi connectivity index (χ3v) is 3.08. The third-order valence-electron chi connectivity index (χ3n) is 3.08. The minimum Gasteiger partial charge on any atom is -0.395 e. The fourth-order valence-electron chi connectivity index (χ4n) is 1.99. The Morgan fingerprint density at radius 3 is 2.94 bits per heavy atom. The molecule has 0 aromatic carbocycles. The molecule has 1 aliphatic carbocycles. The van der Waals surface area contributed by atoms with Gasteiger partial charge in [-0.15, -0.1) is 6.42 Å². The lowest BCUT2D eigenvalue weighted by Gasteiger charge is -2.18. The van der Waals surface area contributed by atoms with E-state index < -0.39 is 0 Å². The molecule has 0 bridgehead atoms. The summed E-state index contributed by atoms with van der Waals surface area (Å²) in [6.45, 7) is 2.91. The molecule has 0 aliphatic heterocycles. The van der Waals surface area contributed by atoms with Crippen molar-refractivity contribution in [3.05, 3.63) is 11.4 Å². The molecular formula is C13H18N4O. The summed E-state index contributed by atoms with van der Waals surface area (Å²) in [5.41, 5.74) is 7.67. The van der Waals surface area contributed by atoms with E-state index in [-0.39, 0.29) is 12.5 Å². The van der Waals surface area contributed by atoms with Crippen molar-refractivity contribution in [1.82, 2.24) is 15.1 Å². The van der Waals surface area contributed by atoms with Crippen LogP contribution in [0, 0.1) is 12.3 Å². The van der Waals surface area contributed by atoms with Crippen molar-refractivity contribution in [2.45, 2.75) is 32.1 Å². The SMILES string of the molecule is C#CCN(CCC)C(=O)c1n[nH]c(C2CC2)c1N. The van der Waals surface area contributed by atoms with Crippen LogP contribution >= 0.6 is 0 Å². The second-order valence-corrected chi connectivity index (χ2v) is 4.60. The minimum atomic E-state index is -0.185. The Bertz CT molecular complexity index is 482. The summed E-state index contributed by atoms with van der Waals surface area (Å²) in [6, 6.07) is 0. The highest BCUT2D eigenvalue weighted by atomic mass is 16.2. The van der Waals surface area contributed by atoms with Crippen LogP contribution in [-0.2, 0) is 0 Å².